The number of hydrogen-bond acceptors (Lipinski definition) is 6. The number of likely N-dealkylation sites (tertiary alicyclic amines) is 1. The van der Waals surface area contributed by atoms with Crippen LogP contribution in [-0.4, -0.2) is 69.7 Å². The topological polar surface area (TPSA) is 102 Å². The highest BCUT2D eigenvalue weighted by atomic mass is 16.2. The van der Waals surface area contributed by atoms with Gasteiger partial charge in [0.2, 0.25) is 11.8 Å². The zero-order chi connectivity index (χ0) is 26.6. The van der Waals surface area contributed by atoms with Crippen molar-refractivity contribution < 1.29 is 14.4 Å². The van der Waals surface area contributed by atoms with Crippen molar-refractivity contribution in [3.8, 4) is 11.4 Å². The SMILES string of the molecule is O=C1CCC(N2Cc3cc(N4CC5(CCN(Cc6cnc(-c7ccccc7)[nH]6)CC5)C4)ccc3C2=O)C(=O)N1. The van der Waals surface area contributed by atoms with Crippen molar-refractivity contribution in [2.45, 2.75) is 44.8 Å². The van der Waals surface area contributed by atoms with E-state index in [4.69, 9.17) is 0 Å². The van der Waals surface area contributed by atoms with Gasteiger partial charge in [0.1, 0.15) is 11.9 Å². The van der Waals surface area contributed by atoms with Crippen molar-refractivity contribution in [1.82, 2.24) is 25.1 Å². The van der Waals surface area contributed by atoms with Crippen LogP contribution in [0.15, 0.2) is 54.7 Å². The summed E-state index contributed by atoms with van der Waals surface area (Å²) in [5, 5.41) is 2.37. The number of carbonyl (C=O) groups is 3. The summed E-state index contributed by atoms with van der Waals surface area (Å²) in [6, 6.07) is 15.7. The van der Waals surface area contributed by atoms with Gasteiger partial charge in [-0.1, -0.05) is 30.3 Å². The van der Waals surface area contributed by atoms with E-state index in [1.165, 1.54) is 12.8 Å². The number of carbonyl (C=O) groups excluding carboxylic acids is 3. The number of benzene rings is 2. The predicted octanol–water partition coefficient (Wildman–Crippen LogP) is 2.94. The molecule has 1 unspecified atom stereocenters. The van der Waals surface area contributed by atoms with Crippen molar-refractivity contribution >= 4 is 23.4 Å². The average molecular weight is 525 g/mol. The first-order valence-electron chi connectivity index (χ1n) is 13.8. The van der Waals surface area contributed by atoms with Gasteiger partial charge in [-0.25, -0.2) is 4.98 Å². The summed E-state index contributed by atoms with van der Waals surface area (Å²) in [4.78, 5) is 51.5. The molecule has 4 aliphatic rings. The summed E-state index contributed by atoms with van der Waals surface area (Å²) in [6.07, 6.45) is 4.96. The van der Waals surface area contributed by atoms with Crippen LogP contribution in [0.3, 0.4) is 0 Å². The van der Waals surface area contributed by atoms with Gasteiger partial charge in [0, 0.05) is 66.7 Å². The summed E-state index contributed by atoms with van der Waals surface area (Å²) >= 11 is 0. The molecular formula is C30H32N6O3. The highest BCUT2D eigenvalue weighted by Crippen LogP contribution is 2.43. The van der Waals surface area contributed by atoms with E-state index in [1.54, 1.807) is 4.90 Å². The third-order valence-electron chi connectivity index (χ3n) is 8.91. The van der Waals surface area contributed by atoms with Crippen molar-refractivity contribution in [1.29, 1.82) is 0 Å². The van der Waals surface area contributed by atoms with Crippen LogP contribution in [-0.2, 0) is 22.7 Å². The van der Waals surface area contributed by atoms with Gasteiger partial charge in [0.25, 0.3) is 5.91 Å². The van der Waals surface area contributed by atoms with Gasteiger partial charge in [-0.05, 0) is 56.1 Å². The Kier molecular flexibility index (Phi) is 5.77. The molecule has 4 aliphatic heterocycles. The van der Waals surface area contributed by atoms with Gasteiger partial charge < -0.3 is 14.8 Å². The molecule has 2 N–H and O–H groups in total. The number of rotatable bonds is 5. The molecule has 3 fully saturated rings. The largest absolute Gasteiger partial charge is 0.370 e. The van der Waals surface area contributed by atoms with Crippen LogP contribution < -0.4 is 10.2 Å². The first-order chi connectivity index (χ1) is 19.0. The van der Waals surface area contributed by atoms with Crippen LogP contribution in [0.2, 0.25) is 0 Å². The van der Waals surface area contributed by atoms with E-state index < -0.39 is 6.04 Å². The van der Waals surface area contributed by atoms with Crippen LogP contribution in [0.25, 0.3) is 11.4 Å². The number of H-pyrrole nitrogens is 1. The zero-order valence-corrected chi connectivity index (χ0v) is 21.9. The maximum Gasteiger partial charge on any atom is 0.255 e. The average Bonchev–Trinajstić information content (AvgIpc) is 3.52. The molecule has 3 saturated heterocycles. The molecule has 3 aromatic rings. The van der Waals surface area contributed by atoms with Crippen molar-refractivity contribution in [2.75, 3.05) is 31.1 Å². The van der Waals surface area contributed by atoms with Gasteiger partial charge in [-0.3, -0.25) is 24.6 Å². The minimum absolute atomic E-state index is 0.119. The normalized spacial score (nSPS) is 22.7. The Morgan fingerprint density at radius 3 is 2.56 bits per heavy atom. The highest BCUT2D eigenvalue weighted by molar-refractivity contribution is 6.05. The van der Waals surface area contributed by atoms with Gasteiger partial charge in [0.15, 0.2) is 0 Å². The number of nitrogens with one attached hydrogen (secondary N) is 2. The molecule has 3 amide bonds. The molecule has 1 atom stereocenters. The number of aromatic amines is 1. The molecular weight excluding hydrogens is 492 g/mol. The van der Waals surface area contributed by atoms with Gasteiger partial charge in [-0.2, -0.15) is 0 Å². The standard InChI is InChI=1S/C30H32N6O3/c37-26-9-8-25(28(38)33-26)36-16-21-14-23(6-7-24(21)29(36)39)35-18-30(19-35)10-12-34(13-11-30)17-22-15-31-27(32-22)20-4-2-1-3-5-20/h1-7,14-15,25H,8-13,16-19H2,(H,31,32)(H,33,37,38). The van der Waals surface area contributed by atoms with E-state index in [1.807, 2.05) is 36.5 Å². The predicted molar refractivity (Wildman–Crippen MR) is 146 cm³/mol. The highest BCUT2D eigenvalue weighted by Gasteiger charge is 2.45. The molecule has 9 heteroatoms. The van der Waals surface area contributed by atoms with Gasteiger partial charge in [0.05, 0.1) is 0 Å². The Morgan fingerprint density at radius 1 is 1.00 bits per heavy atom. The maximum absolute atomic E-state index is 13.0. The Labute approximate surface area is 227 Å². The Bertz CT molecular complexity index is 1430. The Morgan fingerprint density at radius 2 is 1.79 bits per heavy atom. The molecule has 0 radical (unpaired) electrons. The quantitative estimate of drug-likeness (QED) is 0.498. The monoisotopic (exact) mass is 524 g/mol. The number of piperidine rings is 2. The molecule has 0 bridgehead atoms. The lowest BCUT2D eigenvalue weighted by Gasteiger charge is -2.55. The van der Waals surface area contributed by atoms with E-state index in [0.29, 0.717) is 23.9 Å². The molecule has 200 valence electrons. The number of amides is 3. The zero-order valence-electron chi connectivity index (χ0n) is 21.9. The smallest absolute Gasteiger partial charge is 0.255 e. The summed E-state index contributed by atoms with van der Waals surface area (Å²) in [5.74, 6) is 0.170. The third-order valence-corrected chi connectivity index (χ3v) is 8.91. The number of imidazole rings is 1. The summed E-state index contributed by atoms with van der Waals surface area (Å²) in [5.41, 5.74) is 5.39. The number of aromatic nitrogens is 2. The van der Waals surface area contributed by atoms with E-state index in [9.17, 15) is 14.4 Å². The second-order valence-corrected chi connectivity index (χ2v) is 11.5. The maximum atomic E-state index is 13.0. The lowest BCUT2D eigenvalue weighted by atomic mass is 9.71. The van der Waals surface area contributed by atoms with Crippen molar-refractivity contribution in [3.05, 3.63) is 71.5 Å². The van der Waals surface area contributed by atoms with E-state index in [2.05, 4.69) is 43.3 Å². The number of nitrogens with zero attached hydrogens (tertiary/aromatic N) is 4. The van der Waals surface area contributed by atoms with Crippen LogP contribution >= 0.6 is 0 Å². The minimum Gasteiger partial charge on any atom is -0.370 e. The molecule has 7 rings (SSSR count). The van der Waals surface area contributed by atoms with E-state index >= 15 is 0 Å². The summed E-state index contributed by atoms with van der Waals surface area (Å²) in [6.45, 7) is 5.53. The van der Waals surface area contributed by atoms with Crippen molar-refractivity contribution in [2.24, 2.45) is 5.41 Å². The summed E-state index contributed by atoms with van der Waals surface area (Å²) in [7, 11) is 0. The molecule has 1 aromatic heterocycles. The fourth-order valence-corrected chi connectivity index (χ4v) is 6.63. The minimum atomic E-state index is -0.574. The molecule has 5 heterocycles. The lowest BCUT2D eigenvalue weighted by molar-refractivity contribution is -0.136. The molecule has 9 nitrogen and oxygen atoms in total. The Balaban J connectivity index is 0.939. The Hall–Kier alpha value is -3.98. The van der Waals surface area contributed by atoms with Crippen LogP contribution in [0, 0.1) is 5.41 Å². The lowest BCUT2D eigenvalue weighted by Crippen LogP contribution is -2.60. The third kappa shape index (κ3) is 4.40. The number of anilines is 1. The van der Waals surface area contributed by atoms with E-state index in [0.717, 1.165) is 61.1 Å². The molecule has 0 aliphatic carbocycles. The second-order valence-electron chi connectivity index (χ2n) is 11.5. The van der Waals surface area contributed by atoms with Crippen LogP contribution in [0.4, 0.5) is 5.69 Å². The number of imide groups is 1. The number of fused-ring (bicyclic) bond motifs is 1. The molecule has 39 heavy (non-hydrogen) atoms. The van der Waals surface area contributed by atoms with Crippen LogP contribution in [0.1, 0.15) is 47.3 Å². The fourth-order valence-electron chi connectivity index (χ4n) is 6.63. The fraction of sp³-hybridized carbons (Fsp3) is 0.400. The van der Waals surface area contributed by atoms with Gasteiger partial charge in [-0.15, -0.1) is 0 Å². The second kappa shape index (κ2) is 9.34. The number of hydrogen-bond donors (Lipinski definition) is 2. The molecule has 0 saturated carbocycles. The molecule has 2 aromatic carbocycles. The van der Waals surface area contributed by atoms with Crippen molar-refractivity contribution in [3.63, 3.8) is 0 Å². The van der Waals surface area contributed by atoms with Crippen LogP contribution in [0.5, 0.6) is 0 Å². The van der Waals surface area contributed by atoms with Gasteiger partial charge >= 0.3 is 0 Å². The van der Waals surface area contributed by atoms with E-state index in [-0.39, 0.29) is 24.1 Å². The molecule has 1 spiro atoms. The summed E-state index contributed by atoms with van der Waals surface area (Å²) < 4.78 is 0. The first-order valence-corrected chi connectivity index (χ1v) is 13.8. The first kappa shape index (κ1) is 24.1.